The first kappa shape index (κ1) is 13.9. The van der Waals surface area contributed by atoms with Gasteiger partial charge in [0.15, 0.2) is 0 Å². The fourth-order valence-corrected chi connectivity index (χ4v) is 1.07. The van der Waals surface area contributed by atoms with Gasteiger partial charge >= 0.3 is 0 Å². The average Bonchev–Trinajstić information content (AvgIpc) is 2.18. The molecule has 3 N–H and O–H groups in total. The van der Waals surface area contributed by atoms with Crippen LogP contribution in [0.3, 0.4) is 0 Å². The second-order valence-corrected chi connectivity index (χ2v) is 3.33. The molecule has 15 heavy (non-hydrogen) atoms. The van der Waals surface area contributed by atoms with Gasteiger partial charge in [0.1, 0.15) is 0 Å². The maximum absolute atomic E-state index is 11.2. The molecule has 0 aliphatic heterocycles. The van der Waals surface area contributed by atoms with E-state index >= 15 is 0 Å². The van der Waals surface area contributed by atoms with Gasteiger partial charge < -0.3 is 16.0 Å². The zero-order chi connectivity index (χ0) is 11.5. The zero-order valence-corrected chi connectivity index (χ0v) is 9.56. The molecule has 0 heterocycles. The molecule has 2 amide bonds. The van der Waals surface area contributed by atoms with Gasteiger partial charge in [0.2, 0.25) is 11.8 Å². The van der Waals surface area contributed by atoms with Crippen LogP contribution in [0.25, 0.3) is 0 Å². The number of hydrogen-bond donors (Lipinski definition) is 3. The molecule has 0 aromatic carbocycles. The van der Waals surface area contributed by atoms with Crippen molar-refractivity contribution in [2.45, 2.75) is 32.6 Å². The number of carbonyl (C=O) groups is 2. The van der Waals surface area contributed by atoms with Crippen molar-refractivity contribution in [3.8, 4) is 0 Å². The molecule has 5 heteroatoms. The predicted octanol–water partition coefficient (Wildman–Crippen LogP) is -0.0240. The highest BCUT2D eigenvalue weighted by Crippen LogP contribution is 1.86. The Bertz CT molecular complexity index is 195. The average molecular weight is 215 g/mol. The third-order valence-electron chi connectivity index (χ3n) is 1.88. The van der Waals surface area contributed by atoms with E-state index in [-0.39, 0.29) is 18.5 Å². The van der Waals surface area contributed by atoms with Gasteiger partial charge in [-0.1, -0.05) is 6.92 Å². The van der Waals surface area contributed by atoms with Gasteiger partial charge in [0.05, 0.1) is 6.67 Å². The van der Waals surface area contributed by atoms with Crippen LogP contribution in [0.5, 0.6) is 0 Å². The molecular formula is C10H21N3O2. The van der Waals surface area contributed by atoms with Gasteiger partial charge in [0.25, 0.3) is 0 Å². The van der Waals surface area contributed by atoms with Crippen LogP contribution < -0.4 is 16.0 Å². The zero-order valence-electron chi connectivity index (χ0n) is 9.56. The molecule has 0 aromatic rings. The Kier molecular flexibility index (Phi) is 8.76. The van der Waals surface area contributed by atoms with E-state index in [1.165, 1.54) is 0 Å². The lowest BCUT2D eigenvalue weighted by Crippen LogP contribution is -2.37. The molecule has 0 aliphatic rings. The van der Waals surface area contributed by atoms with E-state index < -0.39 is 0 Å². The van der Waals surface area contributed by atoms with Gasteiger partial charge in [-0.2, -0.15) is 0 Å². The van der Waals surface area contributed by atoms with Crippen molar-refractivity contribution in [1.29, 1.82) is 0 Å². The largest absolute Gasteiger partial charge is 0.339 e. The Labute approximate surface area is 91.0 Å². The van der Waals surface area contributed by atoms with Gasteiger partial charge in [-0.15, -0.1) is 0 Å². The highest BCUT2D eigenvalue weighted by atomic mass is 16.2. The molecule has 0 aromatic heterocycles. The Morgan fingerprint density at radius 1 is 1.07 bits per heavy atom. The minimum atomic E-state index is -0.0259. The number of carbonyl (C=O) groups excluding carboxylic acids is 2. The van der Waals surface area contributed by atoms with Crippen LogP contribution in [0.2, 0.25) is 0 Å². The van der Waals surface area contributed by atoms with Crippen LogP contribution in [-0.4, -0.2) is 32.1 Å². The molecule has 5 nitrogen and oxygen atoms in total. The Balaban J connectivity index is 3.34. The monoisotopic (exact) mass is 215 g/mol. The highest BCUT2D eigenvalue weighted by Gasteiger charge is 2.01. The molecule has 0 aliphatic carbocycles. The maximum atomic E-state index is 11.2. The topological polar surface area (TPSA) is 70.2 Å². The SMILES string of the molecule is CCCC(=O)NCNC(=O)CCCNC. The van der Waals surface area contributed by atoms with Crippen LogP contribution in [0.1, 0.15) is 32.6 Å². The molecule has 0 bridgehead atoms. The standard InChI is InChI=1S/C10H21N3O2/c1-3-5-9(14)12-8-13-10(15)6-4-7-11-2/h11H,3-8H2,1-2H3,(H,12,14)(H,13,15). The molecule has 0 fully saturated rings. The maximum Gasteiger partial charge on any atom is 0.221 e. The quantitative estimate of drug-likeness (QED) is 0.393. The minimum absolute atomic E-state index is 0.0203. The van der Waals surface area contributed by atoms with E-state index in [2.05, 4.69) is 16.0 Å². The Morgan fingerprint density at radius 2 is 1.67 bits per heavy atom. The summed E-state index contributed by atoms with van der Waals surface area (Å²) in [6.07, 6.45) is 2.63. The Hall–Kier alpha value is -1.10. The van der Waals surface area contributed by atoms with Crippen molar-refractivity contribution in [3.63, 3.8) is 0 Å². The second-order valence-electron chi connectivity index (χ2n) is 3.33. The molecule has 0 rings (SSSR count). The Morgan fingerprint density at radius 3 is 2.20 bits per heavy atom. The van der Waals surface area contributed by atoms with E-state index in [9.17, 15) is 9.59 Å². The molecule has 0 saturated heterocycles. The lowest BCUT2D eigenvalue weighted by atomic mass is 10.3. The van der Waals surface area contributed by atoms with Crippen molar-refractivity contribution in [1.82, 2.24) is 16.0 Å². The lowest BCUT2D eigenvalue weighted by molar-refractivity contribution is -0.122. The third kappa shape index (κ3) is 9.21. The third-order valence-corrected chi connectivity index (χ3v) is 1.88. The normalized spacial score (nSPS) is 9.73. The summed E-state index contributed by atoms with van der Waals surface area (Å²) in [5.41, 5.74) is 0. The summed E-state index contributed by atoms with van der Waals surface area (Å²) in [5.74, 6) is -0.0462. The summed E-state index contributed by atoms with van der Waals surface area (Å²) in [4.78, 5) is 22.2. The number of nitrogens with one attached hydrogen (secondary N) is 3. The van der Waals surface area contributed by atoms with Crippen LogP contribution in [-0.2, 0) is 9.59 Å². The van der Waals surface area contributed by atoms with Crippen molar-refractivity contribution in [2.24, 2.45) is 0 Å². The van der Waals surface area contributed by atoms with Crippen molar-refractivity contribution in [2.75, 3.05) is 20.3 Å². The molecule has 0 spiro atoms. The van der Waals surface area contributed by atoms with Crippen molar-refractivity contribution in [3.05, 3.63) is 0 Å². The van der Waals surface area contributed by atoms with Gasteiger partial charge in [0, 0.05) is 12.8 Å². The number of hydrogen-bond acceptors (Lipinski definition) is 3. The first-order chi connectivity index (χ1) is 7.20. The van der Waals surface area contributed by atoms with E-state index in [1.807, 2.05) is 14.0 Å². The minimum Gasteiger partial charge on any atom is -0.339 e. The predicted molar refractivity (Wildman–Crippen MR) is 59.2 cm³/mol. The van der Waals surface area contributed by atoms with Crippen LogP contribution >= 0.6 is 0 Å². The molecule has 0 unspecified atom stereocenters. The van der Waals surface area contributed by atoms with Crippen LogP contribution in [0.4, 0.5) is 0 Å². The highest BCUT2D eigenvalue weighted by molar-refractivity contribution is 5.78. The lowest BCUT2D eigenvalue weighted by Gasteiger charge is -2.06. The van der Waals surface area contributed by atoms with E-state index in [0.29, 0.717) is 12.8 Å². The van der Waals surface area contributed by atoms with Crippen molar-refractivity contribution >= 4 is 11.8 Å². The summed E-state index contributed by atoms with van der Waals surface area (Å²) in [6.45, 7) is 3.00. The first-order valence-corrected chi connectivity index (χ1v) is 5.38. The van der Waals surface area contributed by atoms with E-state index in [0.717, 1.165) is 19.4 Å². The fourth-order valence-electron chi connectivity index (χ4n) is 1.07. The molecule has 0 saturated carbocycles. The van der Waals surface area contributed by atoms with Gasteiger partial charge in [-0.05, 0) is 26.4 Å². The van der Waals surface area contributed by atoms with E-state index in [1.54, 1.807) is 0 Å². The molecule has 88 valence electrons. The van der Waals surface area contributed by atoms with Crippen molar-refractivity contribution < 1.29 is 9.59 Å². The summed E-state index contributed by atoms with van der Waals surface area (Å²) in [7, 11) is 1.85. The molecule has 0 radical (unpaired) electrons. The van der Waals surface area contributed by atoms with Gasteiger partial charge in [-0.25, -0.2) is 0 Å². The number of amides is 2. The summed E-state index contributed by atoms with van der Waals surface area (Å²) in [6, 6.07) is 0. The van der Waals surface area contributed by atoms with E-state index in [4.69, 9.17) is 0 Å². The molecular weight excluding hydrogens is 194 g/mol. The second kappa shape index (κ2) is 9.45. The summed E-state index contributed by atoms with van der Waals surface area (Å²) >= 11 is 0. The van der Waals surface area contributed by atoms with Gasteiger partial charge in [-0.3, -0.25) is 9.59 Å². The van der Waals surface area contributed by atoms with Crippen LogP contribution in [0.15, 0.2) is 0 Å². The summed E-state index contributed by atoms with van der Waals surface area (Å²) in [5, 5.41) is 8.21. The van der Waals surface area contributed by atoms with Crippen LogP contribution in [0, 0.1) is 0 Å². The fraction of sp³-hybridized carbons (Fsp3) is 0.800. The smallest absolute Gasteiger partial charge is 0.221 e. The first-order valence-electron chi connectivity index (χ1n) is 5.38. The summed E-state index contributed by atoms with van der Waals surface area (Å²) < 4.78 is 0. The molecule has 0 atom stereocenters. The number of rotatable bonds is 8.